The van der Waals surface area contributed by atoms with Gasteiger partial charge in [0.2, 0.25) is 5.95 Å². The summed E-state index contributed by atoms with van der Waals surface area (Å²) in [6.45, 7) is 4.92. The molecule has 1 aromatic carbocycles. The van der Waals surface area contributed by atoms with E-state index in [9.17, 15) is 4.79 Å². The van der Waals surface area contributed by atoms with Crippen LogP contribution >= 0.6 is 0 Å². The molecule has 0 unspecified atom stereocenters. The Labute approximate surface area is 168 Å². The summed E-state index contributed by atoms with van der Waals surface area (Å²) in [5, 5.41) is 11.2. The number of hydroxylamine groups is 1. The van der Waals surface area contributed by atoms with Crippen LogP contribution in [0.5, 0.6) is 0 Å². The lowest BCUT2D eigenvalue weighted by molar-refractivity contribution is 0.0119. The first kappa shape index (κ1) is 18.0. The van der Waals surface area contributed by atoms with E-state index >= 15 is 0 Å². The summed E-state index contributed by atoms with van der Waals surface area (Å²) in [5.41, 5.74) is 3.47. The zero-order valence-electron chi connectivity index (χ0n) is 16.0. The number of amides is 1. The number of nitrogens with one attached hydrogen (secondary N) is 1. The Morgan fingerprint density at radius 3 is 2.76 bits per heavy atom. The Hall–Kier alpha value is -3.10. The predicted molar refractivity (Wildman–Crippen MR) is 108 cm³/mol. The average Bonchev–Trinajstić information content (AvgIpc) is 3.19. The summed E-state index contributed by atoms with van der Waals surface area (Å²) in [4.78, 5) is 28.9. The summed E-state index contributed by atoms with van der Waals surface area (Å²) in [6.07, 6.45) is 7.78. The number of aromatic nitrogens is 3. The summed E-state index contributed by atoms with van der Waals surface area (Å²) in [6, 6.07) is 8.50. The Morgan fingerprint density at radius 1 is 1.14 bits per heavy atom. The smallest absolute Gasteiger partial charge is 0.277 e. The second-order valence-electron chi connectivity index (χ2n) is 8.04. The van der Waals surface area contributed by atoms with Crippen molar-refractivity contribution in [2.24, 2.45) is 5.41 Å². The highest BCUT2D eigenvalue weighted by atomic mass is 16.5. The highest BCUT2D eigenvalue weighted by Crippen LogP contribution is 2.41. The van der Waals surface area contributed by atoms with Gasteiger partial charge >= 0.3 is 0 Å². The van der Waals surface area contributed by atoms with Crippen molar-refractivity contribution in [3.8, 4) is 0 Å². The molecule has 2 saturated heterocycles. The van der Waals surface area contributed by atoms with Crippen LogP contribution in [0.3, 0.4) is 0 Å². The van der Waals surface area contributed by atoms with Gasteiger partial charge in [-0.2, -0.15) is 0 Å². The molecule has 148 valence electrons. The van der Waals surface area contributed by atoms with Crippen molar-refractivity contribution in [1.82, 2.24) is 25.3 Å². The van der Waals surface area contributed by atoms with E-state index in [4.69, 9.17) is 5.21 Å². The van der Waals surface area contributed by atoms with E-state index < -0.39 is 5.91 Å². The Morgan fingerprint density at radius 2 is 1.97 bits per heavy atom. The van der Waals surface area contributed by atoms with Crippen LogP contribution in [0.4, 0.5) is 5.95 Å². The molecule has 8 nitrogen and oxygen atoms in total. The van der Waals surface area contributed by atoms with Gasteiger partial charge in [-0.1, -0.05) is 18.2 Å². The molecule has 1 amide bonds. The zero-order valence-corrected chi connectivity index (χ0v) is 16.0. The minimum Gasteiger partial charge on any atom is -0.340 e. The molecule has 2 N–H and O–H groups in total. The van der Waals surface area contributed by atoms with Crippen LogP contribution in [0, 0.1) is 5.41 Å². The molecule has 8 heteroatoms. The number of hydrogen-bond donors (Lipinski definition) is 2. The SMILES string of the molecule is O=C(NO)c1cnc(N2CCC3(CN(Cc4cccc5cnccc45)C3)C2)nc1. The fraction of sp³-hybridized carbons (Fsp3) is 0.333. The maximum Gasteiger partial charge on any atom is 0.277 e. The van der Waals surface area contributed by atoms with E-state index in [0.29, 0.717) is 5.95 Å². The number of anilines is 1. The molecule has 0 aliphatic carbocycles. The molecule has 4 heterocycles. The lowest BCUT2D eigenvalue weighted by Gasteiger charge is -2.48. The first-order chi connectivity index (χ1) is 14.2. The number of pyridine rings is 1. The van der Waals surface area contributed by atoms with Gasteiger partial charge in [0.1, 0.15) is 0 Å². The maximum absolute atomic E-state index is 11.4. The number of likely N-dealkylation sites (tertiary alicyclic amines) is 1. The standard InChI is InChI=1S/C21H22N6O2/c28-19(25-29)17-9-23-20(24-10-17)27-7-5-21(14-27)12-26(13-21)11-16-3-1-2-15-8-22-6-4-18(15)16/h1-4,6,8-10,29H,5,7,11-14H2,(H,25,28). The topological polar surface area (TPSA) is 94.5 Å². The molecule has 2 aliphatic rings. The van der Waals surface area contributed by atoms with Crippen LogP contribution in [0.2, 0.25) is 0 Å². The van der Waals surface area contributed by atoms with Gasteiger partial charge in [0.15, 0.2) is 0 Å². The molecule has 29 heavy (non-hydrogen) atoms. The second-order valence-corrected chi connectivity index (χ2v) is 8.04. The summed E-state index contributed by atoms with van der Waals surface area (Å²) in [5.74, 6) is 0.0321. The zero-order chi connectivity index (χ0) is 19.8. The quantitative estimate of drug-likeness (QED) is 0.519. The van der Waals surface area contributed by atoms with Crippen LogP contribution in [-0.4, -0.2) is 57.1 Å². The van der Waals surface area contributed by atoms with Gasteiger partial charge in [0.25, 0.3) is 5.91 Å². The van der Waals surface area contributed by atoms with Gasteiger partial charge in [-0.05, 0) is 23.4 Å². The molecule has 2 fully saturated rings. The molecule has 0 bridgehead atoms. The van der Waals surface area contributed by atoms with E-state index in [1.54, 1.807) is 5.48 Å². The number of fused-ring (bicyclic) bond motifs is 1. The van der Waals surface area contributed by atoms with Crippen molar-refractivity contribution in [3.63, 3.8) is 0 Å². The first-order valence-corrected chi connectivity index (χ1v) is 9.71. The highest BCUT2D eigenvalue weighted by molar-refractivity contribution is 5.92. The lowest BCUT2D eigenvalue weighted by Crippen LogP contribution is -2.56. The molecule has 2 aliphatic heterocycles. The van der Waals surface area contributed by atoms with Crippen LogP contribution < -0.4 is 10.4 Å². The van der Waals surface area contributed by atoms with Gasteiger partial charge in [0.05, 0.1) is 5.56 Å². The summed E-state index contributed by atoms with van der Waals surface area (Å²) < 4.78 is 0. The second kappa shape index (κ2) is 7.06. The molecule has 0 radical (unpaired) electrons. The van der Waals surface area contributed by atoms with Crippen LogP contribution in [-0.2, 0) is 6.54 Å². The van der Waals surface area contributed by atoms with E-state index in [1.165, 1.54) is 28.7 Å². The largest absolute Gasteiger partial charge is 0.340 e. The van der Waals surface area contributed by atoms with Crippen molar-refractivity contribution in [1.29, 1.82) is 0 Å². The van der Waals surface area contributed by atoms with Crippen molar-refractivity contribution in [2.75, 3.05) is 31.1 Å². The predicted octanol–water partition coefficient (Wildman–Crippen LogP) is 1.86. The van der Waals surface area contributed by atoms with Crippen LogP contribution in [0.15, 0.2) is 49.1 Å². The Balaban J connectivity index is 1.22. The molecular formula is C21H22N6O2. The normalized spacial score (nSPS) is 18.2. The highest BCUT2D eigenvalue weighted by Gasteiger charge is 2.47. The Kier molecular flexibility index (Phi) is 4.37. The molecule has 0 atom stereocenters. The number of nitrogens with zero attached hydrogens (tertiary/aromatic N) is 5. The van der Waals surface area contributed by atoms with Gasteiger partial charge in [-0.15, -0.1) is 0 Å². The lowest BCUT2D eigenvalue weighted by atomic mass is 9.79. The number of carbonyl (C=O) groups excluding carboxylic acids is 1. The molecular weight excluding hydrogens is 368 g/mol. The number of benzene rings is 1. The summed E-state index contributed by atoms with van der Waals surface area (Å²) in [7, 11) is 0. The number of carbonyl (C=O) groups is 1. The molecule has 2 aromatic heterocycles. The van der Waals surface area contributed by atoms with E-state index in [1.807, 2.05) is 12.4 Å². The van der Waals surface area contributed by atoms with Gasteiger partial charge in [-0.25, -0.2) is 15.4 Å². The fourth-order valence-electron chi connectivity index (χ4n) is 4.61. The maximum atomic E-state index is 11.4. The van der Waals surface area contributed by atoms with Crippen molar-refractivity contribution in [2.45, 2.75) is 13.0 Å². The van der Waals surface area contributed by atoms with Crippen LogP contribution in [0.1, 0.15) is 22.3 Å². The average molecular weight is 390 g/mol. The minimum atomic E-state index is -0.603. The number of rotatable bonds is 4. The fourth-order valence-corrected chi connectivity index (χ4v) is 4.61. The van der Waals surface area contributed by atoms with Gasteiger partial charge in [0, 0.05) is 68.3 Å². The minimum absolute atomic E-state index is 0.241. The first-order valence-electron chi connectivity index (χ1n) is 9.71. The van der Waals surface area contributed by atoms with E-state index in [2.05, 4.69) is 49.0 Å². The van der Waals surface area contributed by atoms with Crippen molar-refractivity contribution >= 4 is 22.6 Å². The monoisotopic (exact) mass is 390 g/mol. The molecule has 3 aromatic rings. The van der Waals surface area contributed by atoms with Gasteiger partial charge < -0.3 is 4.90 Å². The third kappa shape index (κ3) is 3.30. The van der Waals surface area contributed by atoms with E-state index in [0.717, 1.165) is 39.1 Å². The third-order valence-electron chi connectivity index (χ3n) is 6.01. The van der Waals surface area contributed by atoms with Crippen molar-refractivity contribution < 1.29 is 10.0 Å². The third-order valence-corrected chi connectivity index (χ3v) is 6.01. The van der Waals surface area contributed by atoms with Gasteiger partial charge in [-0.3, -0.25) is 19.9 Å². The molecule has 0 saturated carbocycles. The Bertz CT molecular complexity index is 1040. The molecule has 5 rings (SSSR count). The summed E-state index contributed by atoms with van der Waals surface area (Å²) >= 11 is 0. The molecule has 1 spiro atoms. The van der Waals surface area contributed by atoms with E-state index in [-0.39, 0.29) is 11.0 Å². The van der Waals surface area contributed by atoms with Crippen LogP contribution in [0.25, 0.3) is 10.8 Å². The number of hydrogen-bond acceptors (Lipinski definition) is 7. The van der Waals surface area contributed by atoms with Crippen molar-refractivity contribution in [3.05, 3.63) is 60.2 Å².